The van der Waals surface area contributed by atoms with E-state index >= 15 is 0 Å². The van der Waals surface area contributed by atoms with Crippen molar-refractivity contribution >= 4 is 39.1 Å². The number of nitrogens with zero attached hydrogens (tertiary/aromatic N) is 2. The zero-order valence-electron chi connectivity index (χ0n) is 18.2. The molecule has 0 saturated heterocycles. The molecule has 8 heteroatoms. The molecule has 0 saturated carbocycles. The van der Waals surface area contributed by atoms with E-state index in [-0.39, 0.29) is 18.9 Å². The Morgan fingerprint density at radius 3 is 2.38 bits per heavy atom. The molecule has 0 aliphatic heterocycles. The van der Waals surface area contributed by atoms with Gasteiger partial charge in [0.2, 0.25) is 15.9 Å². The summed E-state index contributed by atoms with van der Waals surface area (Å²) in [7, 11) is -3.44. The van der Waals surface area contributed by atoms with Gasteiger partial charge in [0.15, 0.2) is 0 Å². The van der Waals surface area contributed by atoms with E-state index in [4.69, 9.17) is 0 Å². The summed E-state index contributed by atoms with van der Waals surface area (Å²) >= 11 is 1.55. The molecule has 1 amide bonds. The second-order valence-corrected chi connectivity index (χ2v) is 10.2. The lowest BCUT2D eigenvalue weighted by molar-refractivity contribution is -0.116. The Hall–Kier alpha value is -2.84. The molecule has 0 atom stereocenters. The molecule has 0 radical (unpaired) electrons. The number of thioether (sulfide) groups is 1. The number of rotatable bonds is 10. The molecule has 3 rings (SSSR count). The van der Waals surface area contributed by atoms with Crippen molar-refractivity contribution in [2.75, 3.05) is 28.7 Å². The largest absolute Gasteiger partial charge is 0.326 e. The predicted molar refractivity (Wildman–Crippen MR) is 132 cm³/mol. The van der Waals surface area contributed by atoms with Crippen LogP contribution < -0.4 is 9.62 Å². The fraction of sp³-hybridized carbons (Fsp3) is 0.250. The molecule has 0 unspecified atom stereocenters. The number of carbonyl (C=O) groups excluding carboxylic acids is 1. The Kier molecular flexibility index (Phi) is 8.30. The summed E-state index contributed by atoms with van der Waals surface area (Å²) in [6, 6.07) is 19.1. The number of pyridine rings is 1. The third-order valence-electron chi connectivity index (χ3n) is 4.90. The second kappa shape index (κ2) is 11.2. The first kappa shape index (κ1) is 23.8. The van der Waals surface area contributed by atoms with Gasteiger partial charge in [-0.1, -0.05) is 18.2 Å². The highest BCUT2D eigenvalue weighted by molar-refractivity contribution is 7.98. The number of amides is 1. The van der Waals surface area contributed by atoms with Crippen LogP contribution in [0.5, 0.6) is 0 Å². The van der Waals surface area contributed by atoms with Crippen LogP contribution in [0.4, 0.5) is 11.4 Å². The Bertz CT molecular complexity index is 1130. The maximum absolute atomic E-state index is 12.4. The minimum atomic E-state index is -3.44. The molecular weight excluding hydrogens is 442 g/mol. The topological polar surface area (TPSA) is 79.4 Å². The summed E-state index contributed by atoms with van der Waals surface area (Å²) in [6.07, 6.45) is 8.13. The van der Waals surface area contributed by atoms with Gasteiger partial charge in [0.05, 0.1) is 11.9 Å². The average Bonchev–Trinajstić information content (AvgIpc) is 2.78. The zero-order chi connectivity index (χ0) is 23.0. The van der Waals surface area contributed by atoms with Crippen LogP contribution in [-0.2, 0) is 21.2 Å². The van der Waals surface area contributed by atoms with E-state index in [1.165, 1.54) is 16.1 Å². The highest BCUT2D eigenvalue weighted by Gasteiger charge is 2.18. The molecule has 168 valence electrons. The van der Waals surface area contributed by atoms with Crippen LogP contribution in [0, 0.1) is 0 Å². The van der Waals surface area contributed by atoms with E-state index in [9.17, 15) is 13.2 Å². The number of hydrogen-bond donors (Lipinski definition) is 1. The first-order chi connectivity index (χ1) is 15.3. The SMILES string of the molecule is CSc1cccc(N(CCCC(=O)Nc2ccc(Cc3ccncc3)cc2)S(C)(=O)=O)c1. The van der Waals surface area contributed by atoms with Crippen LogP contribution in [0.3, 0.4) is 0 Å². The molecule has 0 aliphatic carbocycles. The van der Waals surface area contributed by atoms with Gasteiger partial charge in [-0.2, -0.15) is 0 Å². The Labute approximate surface area is 194 Å². The van der Waals surface area contributed by atoms with E-state index in [1.54, 1.807) is 30.2 Å². The number of benzene rings is 2. The summed E-state index contributed by atoms with van der Waals surface area (Å²) in [5.41, 5.74) is 3.66. The van der Waals surface area contributed by atoms with Gasteiger partial charge in [0.1, 0.15) is 0 Å². The van der Waals surface area contributed by atoms with Gasteiger partial charge >= 0.3 is 0 Å². The van der Waals surface area contributed by atoms with Gasteiger partial charge in [-0.05, 0) is 72.7 Å². The molecule has 32 heavy (non-hydrogen) atoms. The Morgan fingerprint density at radius 1 is 1.03 bits per heavy atom. The fourth-order valence-corrected chi connectivity index (χ4v) is 4.71. The lowest BCUT2D eigenvalue weighted by Gasteiger charge is -2.22. The number of nitrogens with one attached hydrogen (secondary N) is 1. The van der Waals surface area contributed by atoms with Crippen LogP contribution in [0.2, 0.25) is 0 Å². The quantitative estimate of drug-likeness (QED) is 0.440. The maximum Gasteiger partial charge on any atom is 0.232 e. The summed E-state index contributed by atoms with van der Waals surface area (Å²) < 4.78 is 25.9. The molecule has 0 spiro atoms. The normalized spacial score (nSPS) is 11.2. The predicted octanol–water partition coefficient (Wildman–Crippen LogP) is 4.58. The molecular formula is C24H27N3O3S2. The van der Waals surface area contributed by atoms with Crippen LogP contribution in [0.15, 0.2) is 78.0 Å². The van der Waals surface area contributed by atoms with Crippen LogP contribution in [0.25, 0.3) is 0 Å². The smallest absolute Gasteiger partial charge is 0.232 e. The van der Waals surface area contributed by atoms with Gasteiger partial charge in [-0.25, -0.2) is 8.42 Å². The van der Waals surface area contributed by atoms with Crippen molar-refractivity contribution in [1.29, 1.82) is 0 Å². The van der Waals surface area contributed by atoms with Gasteiger partial charge in [-0.3, -0.25) is 14.1 Å². The van der Waals surface area contributed by atoms with Gasteiger partial charge in [0.25, 0.3) is 0 Å². The lowest BCUT2D eigenvalue weighted by Crippen LogP contribution is -2.31. The fourth-order valence-electron chi connectivity index (χ4n) is 3.30. The first-order valence-corrected chi connectivity index (χ1v) is 13.3. The van der Waals surface area contributed by atoms with Crippen molar-refractivity contribution in [2.24, 2.45) is 0 Å². The maximum atomic E-state index is 12.4. The standard InChI is InChI=1S/C24H27N3O3S2/c1-31-23-6-3-5-22(18-23)27(32(2,29)30)16-4-7-24(28)26-21-10-8-19(9-11-21)17-20-12-14-25-15-13-20/h3,5-6,8-15,18H,4,7,16-17H2,1-2H3,(H,26,28). The Morgan fingerprint density at radius 2 is 1.72 bits per heavy atom. The highest BCUT2D eigenvalue weighted by atomic mass is 32.2. The van der Waals surface area contributed by atoms with Gasteiger partial charge in [0, 0.05) is 35.9 Å². The van der Waals surface area contributed by atoms with E-state index < -0.39 is 10.0 Å². The summed E-state index contributed by atoms with van der Waals surface area (Å²) in [6.45, 7) is 0.245. The van der Waals surface area contributed by atoms with Crippen molar-refractivity contribution in [3.63, 3.8) is 0 Å². The molecule has 0 bridgehead atoms. The number of carbonyl (C=O) groups is 1. The second-order valence-electron chi connectivity index (χ2n) is 7.42. The van der Waals surface area contributed by atoms with Crippen molar-refractivity contribution in [1.82, 2.24) is 4.98 Å². The third kappa shape index (κ3) is 7.10. The molecule has 0 aliphatic rings. The monoisotopic (exact) mass is 469 g/mol. The summed E-state index contributed by atoms with van der Waals surface area (Å²) in [4.78, 5) is 17.4. The molecule has 1 aromatic heterocycles. The first-order valence-electron chi connectivity index (χ1n) is 10.2. The average molecular weight is 470 g/mol. The van der Waals surface area contributed by atoms with E-state index in [1.807, 2.05) is 60.9 Å². The number of sulfonamides is 1. The molecule has 1 N–H and O–H groups in total. The number of aromatic nitrogens is 1. The van der Waals surface area contributed by atoms with E-state index in [0.29, 0.717) is 12.1 Å². The van der Waals surface area contributed by atoms with Crippen molar-refractivity contribution in [3.05, 3.63) is 84.2 Å². The molecule has 3 aromatic rings. The number of hydrogen-bond acceptors (Lipinski definition) is 5. The third-order valence-corrected chi connectivity index (χ3v) is 6.82. The highest BCUT2D eigenvalue weighted by Crippen LogP contribution is 2.24. The van der Waals surface area contributed by atoms with Crippen molar-refractivity contribution in [2.45, 2.75) is 24.2 Å². The van der Waals surface area contributed by atoms with Crippen LogP contribution >= 0.6 is 11.8 Å². The van der Waals surface area contributed by atoms with Crippen molar-refractivity contribution in [3.8, 4) is 0 Å². The van der Waals surface area contributed by atoms with E-state index in [0.717, 1.165) is 22.6 Å². The van der Waals surface area contributed by atoms with Gasteiger partial charge < -0.3 is 5.32 Å². The minimum Gasteiger partial charge on any atom is -0.326 e. The zero-order valence-corrected chi connectivity index (χ0v) is 19.8. The minimum absolute atomic E-state index is 0.141. The molecule has 6 nitrogen and oxygen atoms in total. The molecule has 0 fully saturated rings. The lowest BCUT2D eigenvalue weighted by atomic mass is 10.1. The van der Waals surface area contributed by atoms with Crippen LogP contribution in [0.1, 0.15) is 24.0 Å². The van der Waals surface area contributed by atoms with Gasteiger partial charge in [-0.15, -0.1) is 11.8 Å². The number of anilines is 2. The Balaban J connectivity index is 1.53. The summed E-state index contributed by atoms with van der Waals surface area (Å²) in [5.74, 6) is -0.141. The molecule has 1 heterocycles. The summed E-state index contributed by atoms with van der Waals surface area (Å²) in [5, 5.41) is 2.88. The van der Waals surface area contributed by atoms with E-state index in [2.05, 4.69) is 10.3 Å². The van der Waals surface area contributed by atoms with Crippen LogP contribution in [-0.4, -0.2) is 38.4 Å². The van der Waals surface area contributed by atoms with Crippen molar-refractivity contribution < 1.29 is 13.2 Å². The molecule has 2 aromatic carbocycles.